The van der Waals surface area contributed by atoms with Crippen LogP contribution in [-0.4, -0.2) is 72.4 Å². The van der Waals surface area contributed by atoms with Gasteiger partial charge < -0.3 is 29.9 Å². The Labute approximate surface area is 256 Å². The molecule has 6 atom stereocenters. The van der Waals surface area contributed by atoms with Crippen molar-refractivity contribution in [2.75, 3.05) is 12.3 Å². The van der Waals surface area contributed by atoms with E-state index in [0.717, 1.165) is 43.0 Å². The lowest BCUT2D eigenvalue weighted by Crippen LogP contribution is -2.45. The summed E-state index contributed by atoms with van der Waals surface area (Å²) in [5, 5.41) is 28.3. The van der Waals surface area contributed by atoms with Gasteiger partial charge in [-0.05, 0) is 50.3 Å². The number of aliphatic hydroxyl groups excluding tert-OH is 2. The monoisotopic (exact) mass is 647 g/mol. The highest BCUT2D eigenvalue weighted by atomic mass is 31.2. The molecule has 2 unspecified atom stereocenters. The molecule has 1 aliphatic heterocycles. The number of hydrogen-bond donors (Lipinski definition) is 5. The van der Waals surface area contributed by atoms with Crippen molar-refractivity contribution in [3.05, 3.63) is 57.5 Å². The number of nitrogen functional groups attached to an aromatic ring is 1. The minimum absolute atomic E-state index is 0.0844. The number of aliphatic hydroxyl groups is 2. The van der Waals surface area contributed by atoms with Crippen LogP contribution in [-0.2, 0) is 23.4 Å². The van der Waals surface area contributed by atoms with Crippen molar-refractivity contribution in [2.45, 2.75) is 81.8 Å². The number of nitrogens with zero attached hydrogens (tertiary/aromatic N) is 6. The summed E-state index contributed by atoms with van der Waals surface area (Å²) in [4.78, 5) is 37.9. The average Bonchev–Trinajstić information content (AvgIpc) is 3.52. The second kappa shape index (κ2) is 13.5. The number of H-pyrrole nitrogens is 1. The van der Waals surface area contributed by atoms with Gasteiger partial charge in [0, 0.05) is 11.0 Å². The minimum Gasteiger partial charge on any atom is -0.462 e. The van der Waals surface area contributed by atoms with Crippen molar-refractivity contribution >= 4 is 30.8 Å². The van der Waals surface area contributed by atoms with Crippen LogP contribution in [0.5, 0.6) is 5.75 Å². The fourth-order valence-electron chi connectivity index (χ4n) is 5.30. The number of esters is 1. The molecule has 0 bridgehead atoms. The molecule has 1 saturated heterocycles. The zero-order valence-corrected chi connectivity index (χ0v) is 25.2. The van der Waals surface area contributed by atoms with Gasteiger partial charge in [0.2, 0.25) is 11.7 Å². The third-order valence-corrected chi connectivity index (χ3v) is 9.13. The molecule has 2 aromatic heterocycles. The van der Waals surface area contributed by atoms with E-state index in [4.69, 9.17) is 24.3 Å². The lowest BCUT2D eigenvalue weighted by molar-refractivity contribution is -0.150. The summed E-state index contributed by atoms with van der Waals surface area (Å²) in [6, 6.07) is 7.26. The molecule has 0 amide bonds. The van der Waals surface area contributed by atoms with Crippen molar-refractivity contribution < 1.29 is 38.1 Å². The van der Waals surface area contributed by atoms with E-state index in [2.05, 4.69) is 30.1 Å². The quantitative estimate of drug-likeness (QED) is 0.0622. The zero-order valence-electron chi connectivity index (χ0n) is 24.3. The molecule has 2 fully saturated rings. The third-order valence-electron chi connectivity index (χ3n) is 7.45. The number of rotatable bonds is 12. The molecule has 6 N–H and O–H groups in total. The number of aromatic nitrogens is 4. The SMILES string of the molecule is CC(CC(=O)OC1CCCCC1)NP(=O)(OC[C@@]1(N=[N+]=[N-])O[C@@H](n2cnc3c(=O)[nH]c(N)nc32)[C@H](O)[C@@H]1O)Oc1ccccc1. The van der Waals surface area contributed by atoms with Crippen LogP contribution in [0.3, 0.4) is 0 Å². The Morgan fingerprint density at radius 2 is 2.07 bits per heavy atom. The zero-order chi connectivity index (χ0) is 32.2. The standard InChI is InChI=1S/C26H34N9O9P/c1-15(12-18(36)42-16-8-4-2-5-9-16)32-45(40,44-17-10-6-3-7-11-17)41-13-26(33-34-28)21(38)20(37)24(43-26)35-14-29-19-22(35)30-25(27)31-23(19)39/h3,6-7,10-11,14-16,20-21,24,37-38H,2,4-5,8-9,12-13H2,1H3,(H,32,40)(H3,27,30,31,39)/t15?,20-,21+,24-,26-,45?/m1/s1. The summed E-state index contributed by atoms with van der Waals surface area (Å²) in [6.45, 7) is 0.700. The molecule has 18 nitrogen and oxygen atoms in total. The molecule has 1 saturated carbocycles. The molecule has 19 heteroatoms. The molecule has 0 spiro atoms. The summed E-state index contributed by atoms with van der Waals surface area (Å²) in [5.74, 6) is -0.582. The summed E-state index contributed by atoms with van der Waals surface area (Å²) < 4.78 is 38.0. The van der Waals surface area contributed by atoms with Crippen molar-refractivity contribution in [1.29, 1.82) is 0 Å². The predicted molar refractivity (Wildman–Crippen MR) is 157 cm³/mol. The second-order valence-electron chi connectivity index (χ2n) is 10.9. The number of hydrogen-bond acceptors (Lipinski definition) is 13. The maximum absolute atomic E-state index is 14.1. The van der Waals surface area contributed by atoms with Gasteiger partial charge in [0.15, 0.2) is 17.4 Å². The van der Waals surface area contributed by atoms with Crippen LogP contribution >= 0.6 is 7.75 Å². The van der Waals surface area contributed by atoms with E-state index in [0.29, 0.717) is 0 Å². The van der Waals surface area contributed by atoms with Crippen molar-refractivity contribution in [1.82, 2.24) is 24.6 Å². The first-order valence-electron chi connectivity index (χ1n) is 14.3. The molecule has 3 heterocycles. The number of para-hydroxylation sites is 1. The van der Waals surface area contributed by atoms with Gasteiger partial charge in [0.25, 0.3) is 5.56 Å². The van der Waals surface area contributed by atoms with E-state index in [-0.39, 0.29) is 35.4 Å². The highest BCUT2D eigenvalue weighted by Gasteiger charge is 2.56. The number of anilines is 1. The number of azide groups is 1. The smallest absolute Gasteiger partial charge is 0.459 e. The van der Waals surface area contributed by atoms with Crippen LogP contribution in [0, 0.1) is 0 Å². The Bertz CT molecular complexity index is 1660. The van der Waals surface area contributed by atoms with Gasteiger partial charge in [-0.2, -0.15) is 4.98 Å². The van der Waals surface area contributed by atoms with Crippen LogP contribution in [0.25, 0.3) is 21.6 Å². The summed E-state index contributed by atoms with van der Waals surface area (Å²) in [5.41, 5.74) is 11.8. The lowest BCUT2D eigenvalue weighted by atomic mass is 9.98. The number of benzene rings is 1. The summed E-state index contributed by atoms with van der Waals surface area (Å²) in [6.07, 6.45) is 0.249. The number of nitrogens with two attached hydrogens (primary N) is 1. The van der Waals surface area contributed by atoms with Crippen LogP contribution in [0.4, 0.5) is 5.95 Å². The first-order chi connectivity index (χ1) is 21.5. The molecule has 1 aliphatic carbocycles. The Balaban J connectivity index is 1.36. The first-order valence-corrected chi connectivity index (χ1v) is 15.9. The van der Waals surface area contributed by atoms with Crippen molar-refractivity contribution in [2.24, 2.45) is 5.11 Å². The molecule has 45 heavy (non-hydrogen) atoms. The van der Waals surface area contributed by atoms with E-state index in [9.17, 15) is 29.9 Å². The minimum atomic E-state index is -4.40. The molecular formula is C26H34N9O9P. The number of imidazole rings is 1. The Morgan fingerprint density at radius 3 is 2.78 bits per heavy atom. The average molecular weight is 648 g/mol. The molecule has 1 aromatic carbocycles. The van der Waals surface area contributed by atoms with Crippen LogP contribution in [0.1, 0.15) is 51.7 Å². The maximum atomic E-state index is 14.1. The highest BCUT2D eigenvalue weighted by Crippen LogP contribution is 2.48. The van der Waals surface area contributed by atoms with Crippen molar-refractivity contribution in [3.63, 3.8) is 0 Å². The number of nitrogens with one attached hydrogen (secondary N) is 2. The van der Waals surface area contributed by atoms with Gasteiger partial charge in [0.05, 0.1) is 19.4 Å². The fourth-order valence-corrected chi connectivity index (χ4v) is 6.86. The van der Waals surface area contributed by atoms with Gasteiger partial charge in [-0.25, -0.2) is 14.6 Å². The van der Waals surface area contributed by atoms with Crippen LogP contribution in [0.15, 0.2) is 46.6 Å². The second-order valence-corrected chi connectivity index (χ2v) is 12.6. The molecule has 0 radical (unpaired) electrons. The molecular weight excluding hydrogens is 613 g/mol. The Morgan fingerprint density at radius 1 is 1.33 bits per heavy atom. The first kappa shape index (κ1) is 32.4. The molecule has 5 rings (SSSR count). The van der Waals surface area contributed by atoms with E-state index in [1.807, 2.05) is 0 Å². The molecule has 242 valence electrons. The Hall–Kier alpha value is -4.02. The van der Waals surface area contributed by atoms with E-state index in [1.54, 1.807) is 25.1 Å². The van der Waals surface area contributed by atoms with Crippen LogP contribution < -0.4 is 20.9 Å². The third kappa shape index (κ3) is 7.28. The summed E-state index contributed by atoms with van der Waals surface area (Å²) >= 11 is 0. The van der Waals surface area contributed by atoms with Crippen molar-refractivity contribution in [3.8, 4) is 5.75 Å². The van der Waals surface area contributed by atoms with E-state index >= 15 is 0 Å². The molecule has 2 aliphatic rings. The summed E-state index contributed by atoms with van der Waals surface area (Å²) in [7, 11) is -4.40. The van der Waals surface area contributed by atoms with Crippen LogP contribution in [0.2, 0.25) is 0 Å². The van der Waals surface area contributed by atoms with Gasteiger partial charge in [0.1, 0.15) is 24.1 Å². The van der Waals surface area contributed by atoms with Gasteiger partial charge in [-0.1, -0.05) is 29.7 Å². The topological polar surface area (TPSA) is 262 Å². The normalized spacial score (nSPS) is 25.7. The van der Waals surface area contributed by atoms with E-state index in [1.165, 1.54) is 12.1 Å². The number of aromatic amines is 1. The fraction of sp³-hybridized carbons (Fsp3) is 0.538. The van der Waals surface area contributed by atoms with Gasteiger partial charge in [-0.15, -0.1) is 0 Å². The van der Waals surface area contributed by atoms with E-state index < -0.39 is 56.1 Å². The largest absolute Gasteiger partial charge is 0.462 e. The van der Waals surface area contributed by atoms with Gasteiger partial charge in [-0.3, -0.25) is 23.7 Å². The number of fused-ring (bicyclic) bond motifs is 1. The number of ether oxygens (including phenoxy) is 2. The number of carbonyl (C=O) groups excluding carboxylic acids is 1. The number of carbonyl (C=O) groups is 1. The Kier molecular flexibility index (Phi) is 9.74. The molecule has 3 aromatic rings. The lowest BCUT2D eigenvalue weighted by Gasteiger charge is -2.30. The maximum Gasteiger partial charge on any atom is 0.459 e. The highest BCUT2D eigenvalue weighted by molar-refractivity contribution is 7.52. The predicted octanol–water partition coefficient (Wildman–Crippen LogP) is 2.41. The van der Waals surface area contributed by atoms with Gasteiger partial charge >= 0.3 is 13.7 Å².